The fraction of sp³-hybridized carbons (Fsp3) is 0.409. The summed E-state index contributed by atoms with van der Waals surface area (Å²) in [4.78, 5) is 19.9. The van der Waals surface area contributed by atoms with Gasteiger partial charge in [0.15, 0.2) is 0 Å². The Morgan fingerprint density at radius 2 is 1.84 bits per heavy atom. The Balaban J connectivity index is 1.60. The highest BCUT2D eigenvalue weighted by molar-refractivity contribution is 7.18. The number of hydrogen-bond donors (Lipinski definition) is 2. The van der Waals surface area contributed by atoms with E-state index >= 15 is 0 Å². The Morgan fingerprint density at radius 3 is 2.48 bits per heavy atom. The largest absolute Gasteiger partial charge is 0.481 e. The SMILES string of the molecule is O=C(O)C1CCC(c2nc(NCCc3ccccc3)c3cc(C(F)(F)F)sc3n2)CC1. The molecule has 1 saturated carbocycles. The smallest absolute Gasteiger partial charge is 0.425 e. The predicted molar refractivity (Wildman–Crippen MR) is 113 cm³/mol. The maximum atomic E-state index is 13.3. The molecule has 1 aliphatic carbocycles. The molecule has 9 heteroatoms. The lowest BCUT2D eigenvalue weighted by atomic mass is 9.81. The molecule has 0 bridgehead atoms. The molecule has 0 amide bonds. The zero-order valence-electron chi connectivity index (χ0n) is 16.7. The van der Waals surface area contributed by atoms with Crippen molar-refractivity contribution in [1.29, 1.82) is 0 Å². The lowest BCUT2D eigenvalue weighted by molar-refractivity contribution is -0.142. The van der Waals surface area contributed by atoms with Crippen LogP contribution in [0.3, 0.4) is 0 Å². The standard InChI is InChI=1S/C22H22F3N3O2S/c23-22(24,25)17-12-16-19(26-11-10-13-4-2-1-3-5-13)27-18(28-20(16)31-17)14-6-8-15(9-7-14)21(29)30/h1-5,12,14-15H,6-11H2,(H,29,30)(H,26,27,28). The van der Waals surface area contributed by atoms with E-state index in [2.05, 4.69) is 15.3 Å². The van der Waals surface area contributed by atoms with Crippen LogP contribution >= 0.6 is 11.3 Å². The van der Waals surface area contributed by atoms with Gasteiger partial charge in [0.1, 0.15) is 21.3 Å². The summed E-state index contributed by atoms with van der Waals surface area (Å²) < 4.78 is 39.9. The minimum absolute atomic E-state index is 0.0499. The van der Waals surface area contributed by atoms with Crippen molar-refractivity contribution < 1.29 is 23.1 Å². The topological polar surface area (TPSA) is 75.1 Å². The number of fused-ring (bicyclic) bond motifs is 1. The molecule has 4 rings (SSSR count). The first-order chi connectivity index (χ1) is 14.8. The summed E-state index contributed by atoms with van der Waals surface area (Å²) in [5.41, 5.74) is 1.12. The molecule has 5 nitrogen and oxygen atoms in total. The van der Waals surface area contributed by atoms with Gasteiger partial charge >= 0.3 is 12.1 Å². The highest BCUT2D eigenvalue weighted by Crippen LogP contribution is 2.41. The molecule has 31 heavy (non-hydrogen) atoms. The summed E-state index contributed by atoms with van der Waals surface area (Å²) in [5.74, 6) is -0.323. The number of carboxylic acids is 1. The van der Waals surface area contributed by atoms with Crippen molar-refractivity contribution in [3.63, 3.8) is 0 Å². The van der Waals surface area contributed by atoms with Crippen LogP contribution in [0.15, 0.2) is 36.4 Å². The third-order valence-corrected chi connectivity index (χ3v) is 6.75. The maximum Gasteiger partial charge on any atom is 0.425 e. The molecule has 2 N–H and O–H groups in total. The second-order valence-electron chi connectivity index (χ2n) is 7.81. The first-order valence-corrected chi connectivity index (χ1v) is 11.0. The van der Waals surface area contributed by atoms with E-state index in [1.165, 1.54) is 0 Å². The number of benzene rings is 1. The highest BCUT2D eigenvalue weighted by atomic mass is 32.1. The molecule has 3 aromatic rings. The second-order valence-corrected chi connectivity index (χ2v) is 8.84. The Morgan fingerprint density at radius 1 is 1.13 bits per heavy atom. The molecule has 1 fully saturated rings. The van der Waals surface area contributed by atoms with Gasteiger partial charge in [-0.05, 0) is 43.7 Å². The van der Waals surface area contributed by atoms with E-state index in [1.807, 2.05) is 30.3 Å². The van der Waals surface area contributed by atoms with E-state index in [4.69, 9.17) is 0 Å². The quantitative estimate of drug-likeness (QED) is 0.503. The van der Waals surface area contributed by atoms with Crippen molar-refractivity contribution in [2.75, 3.05) is 11.9 Å². The van der Waals surface area contributed by atoms with Gasteiger partial charge in [0, 0.05) is 12.5 Å². The van der Waals surface area contributed by atoms with Crippen LogP contribution in [-0.2, 0) is 17.4 Å². The normalized spacial score (nSPS) is 19.5. The van der Waals surface area contributed by atoms with Crippen molar-refractivity contribution in [1.82, 2.24) is 9.97 Å². The fourth-order valence-electron chi connectivity index (χ4n) is 3.96. The van der Waals surface area contributed by atoms with Gasteiger partial charge in [-0.15, -0.1) is 11.3 Å². The number of aromatic nitrogens is 2. The number of anilines is 1. The second kappa shape index (κ2) is 8.82. The van der Waals surface area contributed by atoms with Crippen LogP contribution in [-0.4, -0.2) is 27.6 Å². The van der Waals surface area contributed by atoms with Gasteiger partial charge < -0.3 is 10.4 Å². The number of hydrogen-bond acceptors (Lipinski definition) is 5. The van der Waals surface area contributed by atoms with Crippen LogP contribution in [0.4, 0.5) is 19.0 Å². The summed E-state index contributed by atoms with van der Waals surface area (Å²) in [7, 11) is 0. The summed E-state index contributed by atoms with van der Waals surface area (Å²) in [6.07, 6.45) is -1.45. The van der Waals surface area contributed by atoms with Crippen LogP contribution < -0.4 is 5.32 Å². The van der Waals surface area contributed by atoms with Gasteiger partial charge in [0.25, 0.3) is 0 Å². The number of carboxylic acid groups (broad SMARTS) is 1. The number of rotatable bonds is 6. The Bertz CT molecular complexity index is 1060. The van der Waals surface area contributed by atoms with E-state index in [-0.39, 0.29) is 11.8 Å². The Hall–Kier alpha value is -2.68. The Labute approximate surface area is 181 Å². The van der Waals surface area contributed by atoms with E-state index in [0.717, 1.165) is 11.6 Å². The van der Waals surface area contributed by atoms with Crippen LogP contribution in [0.2, 0.25) is 0 Å². The monoisotopic (exact) mass is 449 g/mol. The summed E-state index contributed by atoms with van der Waals surface area (Å²) in [5, 5.41) is 12.8. The molecule has 0 saturated heterocycles. The molecule has 1 aromatic carbocycles. The van der Waals surface area contributed by atoms with Crippen molar-refractivity contribution >= 4 is 33.3 Å². The number of alkyl halides is 3. The van der Waals surface area contributed by atoms with Gasteiger partial charge in [-0.2, -0.15) is 13.2 Å². The third kappa shape index (κ3) is 4.98. The number of thiophene rings is 1. The molecule has 0 unspecified atom stereocenters. The van der Waals surface area contributed by atoms with E-state index < -0.39 is 17.0 Å². The third-order valence-electron chi connectivity index (χ3n) is 5.68. The first kappa shape index (κ1) is 21.5. The predicted octanol–water partition coefficient (Wildman–Crippen LogP) is 5.72. The molecular weight excluding hydrogens is 427 g/mol. The van der Waals surface area contributed by atoms with Crippen molar-refractivity contribution in [3.05, 3.63) is 52.7 Å². The van der Waals surface area contributed by atoms with Crippen molar-refractivity contribution in [2.45, 2.75) is 44.2 Å². The average molecular weight is 449 g/mol. The number of carbonyl (C=O) groups is 1. The number of nitrogens with zero attached hydrogens (tertiary/aromatic N) is 2. The fourth-order valence-corrected chi connectivity index (χ4v) is 4.87. The minimum Gasteiger partial charge on any atom is -0.481 e. The highest BCUT2D eigenvalue weighted by Gasteiger charge is 2.34. The maximum absolute atomic E-state index is 13.3. The molecular formula is C22H22F3N3O2S. The average Bonchev–Trinajstić information content (AvgIpc) is 3.20. The zero-order valence-corrected chi connectivity index (χ0v) is 17.5. The van der Waals surface area contributed by atoms with Crippen LogP contribution in [0.25, 0.3) is 10.2 Å². The summed E-state index contributed by atoms with van der Waals surface area (Å²) in [6, 6.07) is 10.9. The molecule has 164 valence electrons. The number of halogens is 3. The Kier molecular flexibility index (Phi) is 6.13. The molecule has 2 aromatic heterocycles. The van der Waals surface area contributed by atoms with Crippen LogP contribution in [0.1, 0.15) is 47.9 Å². The van der Waals surface area contributed by atoms with Crippen LogP contribution in [0.5, 0.6) is 0 Å². The van der Waals surface area contributed by atoms with E-state index in [1.54, 1.807) is 0 Å². The van der Waals surface area contributed by atoms with Gasteiger partial charge in [-0.3, -0.25) is 4.79 Å². The van der Waals surface area contributed by atoms with Gasteiger partial charge in [-0.25, -0.2) is 9.97 Å². The zero-order chi connectivity index (χ0) is 22.0. The number of aliphatic carboxylic acids is 1. The molecule has 2 heterocycles. The van der Waals surface area contributed by atoms with Gasteiger partial charge in [0.05, 0.1) is 11.3 Å². The molecule has 0 atom stereocenters. The lowest BCUT2D eigenvalue weighted by Crippen LogP contribution is -2.21. The molecule has 0 spiro atoms. The first-order valence-electron chi connectivity index (χ1n) is 10.2. The van der Waals surface area contributed by atoms with Crippen LogP contribution in [0, 0.1) is 5.92 Å². The van der Waals surface area contributed by atoms with Gasteiger partial charge in [-0.1, -0.05) is 30.3 Å². The van der Waals surface area contributed by atoms with E-state index in [9.17, 15) is 23.1 Å². The lowest BCUT2D eigenvalue weighted by Gasteiger charge is -2.25. The molecule has 0 aliphatic heterocycles. The molecule has 0 radical (unpaired) electrons. The molecule has 1 aliphatic rings. The summed E-state index contributed by atoms with van der Waals surface area (Å²) in [6.45, 7) is 0.526. The van der Waals surface area contributed by atoms with Gasteiger partial charge in [0.2, 0.25) is 0 Å². The van der Waals surface area contributed by atoms with E-state index in [0.29, 0.717) is 71.8 Å². The van der Waals surface area contributed by atoms with Crippen molar-refractivity contribution in [3.8, 4) is 0 Å². The number of nitrogens with one attached hydrogen (secondary N) is 1. The summed E-state index contributed by atoms with van der Waals surface area (Å²) >= 11 is 0.622. The minimum atomic E-state index is -4.44. The van der Waals surface area contributed by atoms with Crippen molar-refractivity contribution in [2.24, 2.45) is 5.92 Å².